The number of primary sulfonamides is 1. The van der Waals surface area contributed by atoms with Gasteiger partial charge in [-0.3, -0.25) is 0 Å². The van der Waals surface area contributed by atoms with Gasteiger partial charge in [0.05, 0.1) is 16.6 Å². The number of sulfonamides is 1. The molecule has 9 heteroatoms. The maximum atomic E-state index is 13.6. The Kier molecular flexibility index (Phi) is 4.81. The summed E-state index contributed by atoms with van der Waals surface area (Å²) in [6.07, 6.45) is -4.43. The van der Waals surface area contributed by atoms with Crippen LogP contribution in [0.5, 0.6) is 0 Å². The Labute approximate surface area is 153 Å². The van der Waals surface area contributed by atoms with Gasteiger partial charge in [0.2, 0.25) is 10.0 Å². The molecule has 0 aromatic heterocycles. The van der Waals surface area contributed by atoms with Gasteiger partial charge in [-0.2, -0.15) is 13.2 Å². The number of benzene rings is 2. The van der Waals surface area contributed by atoms with Crippen molar-refractivity contribution in [2.24, 2.45) is 5.14 Å². The molecule has 3 rings (SSSR count). The van der Waals surface area contributed by atoms with Gasteiger partial charge >= 0.3 is 6.18 Å². The molecule has 0 atom stereocenters. The maximum absolute atomic E-state index is 13.6. The minimum Gasteiger partial charge on any atom is -0.393 e. The second kappa shape index (κ2) is 6.53. The first-order valence-corrected chi connectivity index (χ1v) is 9.62. The molecule has 2 aromatic carbocycles. The molecule has 0 aliphatic heterocycles. The van der Waals surface area contributed by atoms with Crippen LogP contribution in [0.1, 0.15) is 29.9 Å². The highest BCUT2D eigenvalue weighted by molar-refractivity contribution is 7.89. The van der Waals surface area contributed by atoms with Crippen molar-refractivity contribution in [1.29, 1.82) is 0 Å². The van der Waals surface area contributed by atoms with Gasteiger partial charge in [-0.1, -0.05) is 29.8 Å². The zero-order valence-electron chi connectivity index (χ0n) is 13.3. The van der Waals surface area contributed by atoms with E-state index in [9.17, 15) is 26.7 Å². The van der Waals surface area contributed by atoms with E-state index in [4.69, 9.17) is 16.7 Å². The van der Waals surface area contributed by atoms with E-state index in [-0.39, 0.29) is 27.0 Å². The van der Waals surface area contributed by atoms with Gasteiger partial charge in [0, 0.05) is 10.6 Å². The quantitative estimate of drug-likeness (QED) is 0.812. The monoisotopic (exact) mass is 405 g/mol. The normalized spacial score (nSPS) is 20.7. The first-order chi connectivity index (χ1) is 12.0. The number of aliphatic hydroxyl groups excluding tert-OH is 1. The van der Waals surface area contributed by atoms with Crippen LogP contribution in [-0.2, 0) is 16.2 Å². The molecule has 2 aromatic rings. The Morgan fingerprint density at radius 2 is 1.81 bits per heavy atom. The van der Waals surface area contributed by atoms with Crippen LogP contribution in [0.2, 0.25) is 5.02 Å². The lowest BCUT2D eigenvalue weighted by Crippen LogP contribution is -2.27. The predicted octanol–water partition coefficient (Wildman–Crippen LogP) is 3.91. The van der Waals surface area contributed by atoms with Crippen LogP contribution >= 0.6 is 11.6 Å². The van der Waals surface area contributed by atoms with Crippen LogP contribution < -0.4 is 5.14 Å². The van der Waals surface area contributed by atoms with Crippen molar-refractivity contribution in [3.63, 3.8) is 0 Å². The van der Waals surface area contributed by atoms with Crippen LogP contribution in [0.4, 0.5) is 13.2 Å². The molecule has 1 aliphatic carbocycles. The van der Waals surface area contributed by atoms with Crippen molar-refractivity contribution in [2.75, 3.05) is 0 Å². The summed E-state index contributed by atoms with van der Waals surface area (Å²) in [5, 5.41) is 14.4. The van der Waals surface area contributed by atoms with Gasteiger partial charge in [0.1, 0.15) is 0 Å². The third-order valence-electron chi connectivity index (χ3n) is 4.49. The standard InChI is InChI=1S/C17H15ClF3NO3S/c18-15-8-11(26(22,24)25)4-5-13(15)16-12(9-6-10(23)7-9)2-1-3-14(16)17(19,20)21/h1-5,8-10,23H,6-7H2,(H2,22,24,25). The number of hydrogen-bond donors (Lipinski definition) is 2. The van der Waals surface area contributed by atoms with Gasteiger partial charge < -0.3 is 5.11 Å². The Balaban J connectivity index is 2.23. The first-order valence-electron chi connectivity index (χ1n) is 7.69. The fourth-order valence-electron chi connectivity index (χ4n) is 3.16. The van der Waals surface area contributed by atoms with Crippen molar-refractivity contribution in [2.45, 2.75) is 35.9 Å². The van der Waals surface area contributed by atoms with E-state index in [0.717, 1.165) is 18.2 Å². The minimum absolute atomic E-state index is 0.0726. The summed E-state index contributed by atoms with van der Waals surface area (Å²) >= 11 is 6.12. The van der Waals surface area contributed by atoms with E-state index < -0.39 is 27.9 Å². The SMILES string of the molecule is NS(=O)(=O)c1ccc(-c2c(C3CC(O)C3)cccc2C(F)(F)F)c(Cl)c1. The Hall–Kier alpha value is -1.61. The molecule has 0 radical (unpaired) electrons. The minimum atomic E-state index is -4.62. The largest absolute Gasteiger partial charge is 0.417 e. The molecule has 0 amide bonds. The zero-order chi connectivity index (χ0) is 19.3. The molecule has 3 N–H and O–H groups in total. The van der Waals surface area contributed by atoms with E-state index >= 15 is 0 Å². The summed E-state index contributed by atoms with van der Waals surface area (Å²) in [5.74, 6) is -0.226. The topological polar surface area (TPSA) is 80.4 Å². The lowest BCUT2D eigenvalue weighted by Gasteiger charge is -2.34. The molecular weight excluding hydrogens is 391 g/mol. The van der Waals surface area contributed by atoms with Crippen molar-refractivity contribution in [3.8, 4) is 11.1 Å². The fourth-order valence-corrected chi connectivity index (χ4v) is 4.04. The van der Waals surface area contributed by atoms with E-state index in [0.29, 0.717) is 18.4 Å². The van der Waals surface area contributed by atoms with Crippen LogP contribution in [0.25, 0.3) is 11.1 Å². The van der Waals surface area contributed by atoms with E-state index in [1.54, 1.807) is 6.07 Å². The zero-order valence-corrected chi connectivity index (χ0v) is 14.9. The van der Waals surface area contributed by atoms with Crippen LogP contribution in [-0.4, -0.2) is 19.6 Å². The van der Waals surface area contributed by atoms with Gasteiger partial charge in [-0.15, -0.1) is 0 Å². The summed E-state index contributed by atoms with van der Waals surface area (Å²) in [5.41, 5.74) is -0.455. The molecule has 0 heterocycles. The summed E-state index contributed by atoms with van der Waals surface area (Å²) in [7, 11) is -4.03. The number of alkyl halides is 3. The highest BCUT2D eigenvalue weighted by atomic mass is 35.5. The molecular formula is C17H15ClF3NO3S. The van der Waals surface area contributed by atoms with E-state index in [1.165, 1.54) is 12.1 Å². The number of aliphatic hydroxyl groups is 1. The number of nitrogens with two attached hydrogens (primary N) is 1. The summed E-state index contributed by atoms with van der Waals surface area (Å²) in [6.45, 7) is 0. The van der Waals surface area contributed by atoms with Crippen LogP contribution in [0.15, 0.2) is 41.3 Å². The average molecular weight is 406 g/mol. The average Bonchev–Trinajstić information content (AvgIpc) is 2.49. The maximum Gasteiger partial charge on any atom is 0.417 e. The Bertz CT molecular complexity index is 954. The second-order valence-electron chi connectivity index (χ2n) is 6.28. The molecule has 0 bridgehead atoms. The Morgan fingerprint density at radius 3 is 2.31 bits per heavy atom. The molecule has 26 heavy (non-hydrogen) atoms. The van der Waals surface area contributed by atoms with Gasteiger partial charge in [0.25, 0.3) is 0 Å². The highest BCUT2D eigenvalue weighted by Crippen LogP contribution is 2.47. The molecule has 0 saturated heterocycles. The predicted molar refractivity (Wildman–Crippen MR) is 91.2 cm³/mol. The molecule has 0 unspecified atom stereocenters. The lowest BCUT2D eigenvalue weighted by atomic mass is 9.74. The highest BCUT2D eigenvalue weighted by Gasteiger charge is 2.38. The Morgan fingerprint density at radius 1 is 1.15 bits per heavy atom. The summed E-state index contributed by atoms with van der Waals surface area (Å²) in [4.78, 5) is -0.281. The fraction of sp³-hybridized carbons (Fsp3) is 0.294. The molecule has 1 aliphatic rings. The van der Waals surface area contributed by atoms with Crippen LogP contribution in [0.3, 0.4) is 0 Å². The third-order valence-corrected chi connectivity index (χ3v) is 5.72. The van der Waals surface area contributed by atoms with E-state index in [1.807, 2.05) is 0 Å². The van der Waals surface area contributed by atoms with Crippen molar-refractivity contribution < 1.29 is 26.7 Å². The third kappa shape index (κ3) is 3.59. The molecule has 4 nitrogen and oxygen atoms in total. The smallest absolute Gasteiger partial charge is 0.393 e. The second-order valence-corrected chi connectivity index (χ2v) is 8.24. The first kappa shape index (κ1) is 19.2. The number of hydrogen-bond acceptors (Lipinski definition) is 3. The lowest BCUT2D eigenvalue weighted by molar-refractivity contribution is -0.137. The summed E-state index contributed by atoms with van der Waals surface area (Å²) < 4.78 is 63.6. The van der Waals surface area contributed by atoms with Crippen molar-refractivity contribution in [3.05, 3.63) is 52.5 Å². The molecule has 0 spiro atoms. The number of rotatable bonds is 3. The van der Waals surface area contributed by atoms with Crippen molar-refractivity contribution in [1.82, 2.24) is 0 Å². The van der Waals surface area contributed by atoms with Crippen molar-refractivity contribution >= 4 is 21.6 Å². The number of halogens is 4. The van der Waals surface area contributed by atoms with E-state index in [2.05, 4.69) is 0 Å². The van der Waals surface area contributed by atoms with Gasteiger partial charge in [0.15, 0.2) is 0 Å². The molecule has 1 fully saturated rings. The summed E-state index contributed by atoms with van der Waals surface area (Å²) in [6, 6.07) is 7.25. The van der Waals surface area contributed by atoms with Crippen LogP contribution in [0, 0.1) is 0 Å². The molecule has 140 valence electrons. The van der Waals surface area contributed by atoms with Gasteiger partial charge in [-0.25, -0.2) is 13.6 Å². The van der Waals surface area contributed by atoms with Gasteiger partial charge in [-0.05, 0) is 48.1 Å². The molecule has 1 saturated carbocycles.